The van der Waals surface area contributed by atoms with Crippen LogP contribution in [0.1, 0.15) is 33.6 Å². The average molecular weight is 215 g/mol. The first kappa shape index (κ1) is 12.5. The number of esters is 1. The minimum Gasteiger partial charge on any atom is -0.462 e. The second-order valence-corrected chi connectivity index (χ2v) is 4.85. The van der Waals surface area contributed by atoms with E-state index in [1.54, 1.807) is 0 Å². The Morgan fingerprint density at radius 3 is 2.80 bits per heavy atom. The first-order valence-corrected chi connectivity index (χ1v) is 5.53. The molecule has 4 nitrogen and oxygen atoms in total. The van der Waals surface area contributed by atoms with Crippen molar-refractivity contribution in [2.45, 2.75) is 45.3 Å². The molecule has 0 amide bonds. The van der Waals surface area contributed by atoms with Gasteiger partial charge in [-0.15, -0.1) is 0 Å². The number of piperidine rings is 1. The predicted molar refractivity (Wildman–Crippen MR) is 57.5 cm³/mol. The number of ether oxygens (including phenoxy) is 1. The van der Waals surface area contributed by atoms with E-state index in [1.807, 2.05) is 25.7 Å². The second kappa shape index (κ2) is 4.94. The molecule has 0 aromatic carbocycles. The molecule has 0 aliphatic carbocycles. The minimum atomic E-state index is -0.656. The van der Waals surface area contributed by atoms with Crippen molar-refractivity contribution in [3.8, 4) is 0 Å². The highest BCUT2D eigenvalue weighted by Gasteiger charge is 2.29. The zero-order valence-corrected chi connectivity index (χ0v) is 9.82. The molecule has 4 heteroatoms. The SMILES string of the molecule is CC(C)OC(=O)CN1CCCC(C)(O)C1. The van der Waals surface area contributed by atoms with Crippen LogP contribution >= 0.6 is 0 Å². The van der Waals surface area contributed by atoms with Crippen LogP contribution in [0.25, 0.3) is 0 Å². The smallest absolute Gasteiger partial charge is 0.320 e. The quantitative estimate of drug-likeness (QED) is 0.707. The number of β-amino-alcohol motifs (C(OH)–C–C–N with tert-alkyl or cyclic N) is 1. The van der Waals surface area contributed by atoms with Crippen LogP contribution < -0.4 is 0 Å². The maximum absolute atomic E-state index is 11.4. The van der Waals surface area contributed by atoms with Crippen LogP contribution in [0.15, 0.2) is 0 Å². The maximum Gasteiger partial charge on any atom is 0.320 e. The van der Waals surface area contributed by atoms with Gasteiger partial charge < -0.3 is 9.84 Å². The van der Waals surface area contributed by atoms with Crippen LogP contribution in [0, 0.1) is 0 Å². The predicted octanol–water partition coefficient (Wildman–Crippen LogP) is 0.785. The average Bonchev–Trinajstić information content (AvgIpc) is 1.99. The third kappa shape index (κ3) is 4.62. The third-order valence-electron chi connectivity index (χ3n) is 2.47. The van der Waals surface area contributed by atoms with E-state index in [9.17, 15) is 9.90 Å². The lowest BCUT2D eigenvalue weighted by atomic mass is 9.95. The van der Waals surface area contributed by atoms with E-state index in [-0.39, 0.29) is 18.6 Å². The van der Waals surface area contributed by atoms with Crippen molar-refractivity contribution in [3.05, 3.63) is 0 Å². The van der Waals surface area contributed by atoms with Crippen molar-refractivity contribution < 1.29 is 14.6 Å². The molecule has 15 heavy (non-hydrogen) atoms. The molecule has 0 bridgehead atoms. The van der Waals surface area contributed by atoms with E-state index >= 15 is 0 Å². The van der Waals surface area contributed by atoms with Crippen molar-refractivity contribution in [1.29, 1.82) is 0 Å². The van der Waals surface area contributed by atoms with Crippen molar-refractivity contribution in [2.75, 3.05) is 19.6 Å². The van der Waals surface area contributed by atoms with Crippen molar-refractivity contribution in [3.63, 3.8) is 0 Å². The molecule has 1 unspecified atom stereocenters. The Morgan fingerprint density at radius 1 is 1.60 bits per heavy atom. The van der Waals surface area contributed by atoms with Gasteiger partial charge in [-0.2, -0.15) is 0 Å². The summed E-state index contributed by atoms with van der Waals surface area (Å²) < 4.78 is 5.06. The van der Waals surface area contributed by atoms with Crippen molar-refractivity contribution in [1.82, 2.24) is 4.90 Å². The van der Waals surface area contributed by atoms with Gasteiger partial charge in [0.1, 0.15) is 0 Å². The van der Waals surface area contributed by atoms with Gasteiger partial charge in [0.05, 0.1) is 18.2 Å². The third-order valence-corrected chi connectivity index (χ3v) is 2.47. The van der Waals surface area contributed by atoms with Gasteiger partial charge in [0.2, 0.25) is 0 Å². The molecule has 1 saturated heterocycles. The molecular formula is C11H21NO3. The van der Waals surface area contributed by atoms with Crippen molar-refractivity contribution in [2.24, 2.45) is 0 Å². The summed E-state index contributed by atoms with van der Waals surface area (Å²) in [6.45, 7) is 7.19. The van der Waals surface area contributed by atoms with Crippen LogP contribution in [-0.4, -0.2) is 47.3 Å². The molecule has 1 heterocycles. The van der Waals surface area contributed by atoms with Gasteiger partial charge >= 0.3 is 5.97 Å². The zero-order valence-electron chi connectivity index (χ0n) is 9.82. The lowest BCUT2D eigenvalue weighted by Gasteiger charge is -2.36. The summed E-state index contributed by atoms with van der Waals surface area (Å²) in [4.78, 5) is 13.3. The van der Waals surface area contributed by atoms with Crippen LogP contribution in [0.2, 0.25) is 0 Å². The summed E-state index contributed by atoms with van der Waals surface area (Å²) in [6.07, 6.45) is 1.67. The van der Waals surface area contributed by atoms with Gasteiger partial charge in [-0.3, -0.25) is 9.69 Å². The second-order valence-electron chi connectivity index (χ2n) is 4.85. The fourth-order valence-corrected chi connectivity index (χ4v) is 1.94. The Bertz CT molecular complexity index is 226. The Morgan fingerprint density at radius 2 is 2.27 bits per heavy atom. The Hall–Kier alpha value is -0.610. The summed E-state index contributed by atoms with van der Waals surface area (Å²) in [7, 11) is 0. The van der Waals surface area contributed by atoms with E-state index in [0.29, 0.717) is 6.54 Å². The number of rotatable bonds is 3. The van der Waals surface area contributed by atoms with E-state index in [4.69, 9.17) is 4.74 Å². The molecule has 0 aromatic rings. The van der Waals surface area contributed by atoms with Gasteiger partial charge in [0, 0.05) is 6.54 Å². The highest BCUT2D eigenvalue weighted by Crippen LogP contribution is 2.19. The van der Waals surface area contributed by atoms with E-state index in [1.165, 1.54) is 0 Å². The van der Waals surface area contributed by atoms with Gasteiger partial charge in [-0.05, 0) is 40.2 Å². The number of nitrogens with zero attached hydrogens (tertiary/aromatic N) is 1. The number of hydrogen-bond acceptors (Lipinski definition) is 4. The van der Waals surface area contributed by atoms with Gasteiger partial charge in [0.25, 0.3) is 0 Å². The molecular weight excluding hydrogens is 194 g/mol. The summed E-state index contributed by atoms with van der Waals surface area (Å²) in [5.41, 5.74) is -0.656. The van der Waals surface area contributed by atoms with Crippen LogP contribution in [0.5, 0.6) is 0 Å². The van der Waals surface area contributed by atoms with Gasteiger partial charge in [0.15, 0.2) is 0 Å². The molecule has 88 valence electrons. The van der Waals surface area contributed by atoms with E-state index < -0.39 is 5.60 Å². The number of carbonyl (C=O) groups excluding carboxylic acids is 1. The zero-order chi connectivity index (χ0) is 11.5. The lowest BCUT2D eigenvalue weighted by Crippen LogP contribution is -2.48. The standard InChI is InChI=1S/C11H21NO3/c1-9(2)15-10(13)7-12-6-4-5-11(3,14)8-12/h9,14H,4-8H2,1-3H3. The molecule has 0 saturated carbocycles. The monoisotopic (exact) mass is 215 g/mol. The largest absolute Gasteiger partial charge is 0.462 e. The Labute approximate surface area is 91.2 Å². The molecule has 0 spiro atoms. The summed E-state index contributed by atoms with van der Waals surface area (Å²) in [5.74, 6) is -0.206. The molecule has 1 aliphatic heterocycles. The highest BCUT2D eigenvalue weighted by molar-refractivity contribution is 5.71. The van der Waals surface area contributed by atoms with Gasteiger partial charge in [-0.25, -0.2) is 0 Å². The minimum absolute atomic E-state index is 0.0669. The highest BCUT2D eigenvalue weighted by atomic mass is 16.5. The summed E-state index contributed by atoms with van der Waals surface area (Å²) >= 11 is 0. The number of likely N-dealkylation sites (tertiary alicyclic amines) is 1. The topological polar surface area (TPSA) is 49.8 Å². The molecule has 1 aliphatic rings. The van der Waals surface area contributed by atoms with E-state index in [2.05, 4.69) is 0 Å². The summed E-state index contributed by atoms with van der Waals surface area (Å²) in [5, 5.41) is 9.85. The molecule has 1 N–H and O–H groups in total. The fraction of sp³-hybridized carbons (Fsp3) is 0.909. The maximum atomic E-state index is 11.4. The lowest BCUT2D eigenvalue weighted by molar-refractivity contribution is -0.150. The number of aliphatic hydroxyl groups is 1. The summed E-state index contributed by atoms with van der Waals surface area (Å²) in [6, 6.07) is 0. The van der Waals surface area contributed by atoms with Crippen molar-refractivity contribution >= 4 is 5.97 Å². The molecule has 1 atom stereocenters. The van der Waals surface area contributed by atoms with Crippen LogP contribution in [-0.2, 0) is 9.53 Å². The number of carbonyl (C=O) groups is 1. The normalized spacial score (nSPS) is 28.1. The molecule has 1 rings (SSSR count). The van der Waals surface area contributed by atoms with Crippen LogP contribution in [0.3, 0.4) is 0 Å². The van der Waals surface area contributed by atoms with Crippen LogP contribution in [0.4, 0.5) is 0 Å². The Kier molecular flexibility index (Phi) is 4.11. The number of hydrogen-bond donors (Lipinski definition) is 1. The Balaban J connectivity index is 2.35. The molecule has 1 fully saturated rings. The first-order valence-electron chi connectivity index (χ1n) is 5.53. The van der Waals surface area contributed by atoms with E-state index in [0.717, 1.165) is 19.4 Å². The van der Waals surface area contributed by atoms with Gasteiger partial charge in [-0.1, -0.05) is 0 Å². The first-order chi connectivity index (χ1) is 6.89. The molecule has 0 aromatic heterocycles. The fourth-order valence-electron chi connectivity index (χ4n) is 1.94. The molecule has 0 radical (unpaired) electrons.